The van der Waals surface area contributed by atoms with E-state index in [4.69, 9.17) is 0 Å². The first-order chi connectivity index (χ1) is 13.7. The van der Waals surface area contributed by atoms with Crippen LogP contribution in [-0.4, -0.2) is 53.1 Å². The zero-order valence-electron chi connectivity index (χ0n) is 16.9. The van der Waals surface area contributed by atoms with E-state index in [0.29, 0.717) is 18.3 Å². The lowest BCUT2D eigenvalue weighted by atomic mass is 10.0. The van der Waals surface area contributed by atoms with Crippen molar-refractivity contribution in [3.05, 3.63) is 48.3 Å². The Balaban J connectivity index is 1.42. The first kappa shape index (κ1) is 20.3. The fraction of sp³-hybridized carbons (Fsp3) is 0.524. The van der Waals surface area contributed by atoms with Crippen LogP contribution in [0.1, 0.15) is 38.2 Å². The van der Waals surface area contributed by atoms with Gasteiger partial charge < -0.3 is 20.1 Å². The summed E-state index contributed by atoms with van der Waals surface area (Å²) in [6.45, 7) is 6.05. The molecule has 7 heteroatoms. The number of guanidine groups is 1. The first-order valence-corrected chi connectivity index (χ1v) is 10.1. The van der Waals surface area contributed by atoms with Gasteiger partial charge in [-0.2, -0.15) is 0 Å². The zero-order chi connectivity index (χ0) is 19.8. The van der Waals surface area contributed by atoms with Crippen molar-refractivity contribution in [1.29, 1.82) is 0 Å². The van der Waals surface area contributed by atoms with Gasteiger partial charge >= 0.3 is 0 Å². The minimum Gasteiger partial charge on any atom is -0.356 e. The molecule has 0 spiro atoms. The third kappa shape index (κ3) is 5.55. The van der Waals surface area contributed by atoms with Crippen LogP contribution in [0.2, 0.25) is 0 Å². The molecule has 0 bridgehead atoms. The third-order valence-corrected chi connectivity index (χ3v) is 5.33. The van der Waals surface area contributed by atoms with Crippen molar-refractivity contribution in [2.45, 2.75) is 45.2 Å². The summed E-state index contributed by atoms with van der Waals surface area (Å²) in [5.41, 5.74) is 1.36. The molecule has 1 aliphatic rings. The summed E-state index contributed by atoms with van der Waals surface area (Å²) in [6.07, 6.45) is 10.0. The topological polar surface area (TPSA) is 57.5 Å². The number of piperidine rings is 1. The van der Waals surface area contributed by atoms with Gasteiger partial charge in [0.2, 0.25) is 0 Å². The molecular formula is C21H31FN6. The average molecular weight is 387 g/mol. The van der Waals surface area contributed by atoms with Crippen LogP contribution < -0.4 is 10.6 Å². The van der Waals surface area contributed by atoms with E-state index in [1.54, 1.807) is 42.5 Å². The Hall–Kier alpha value is -2.41. The number of likely N-dealkylation sites (tertiary alicyclic amines) is 1. The van der Waals surface area contributed by atoms with E-state index in [2.05, 4.69) is 32.4 Å². The van der Waals surface area contributed by atoms with Gasteiger partial charge in [-0.1, -0.05) is 12.5 Å². The van der Waals surface area contributed by atoms with Gasteiger partial charge in [0, 0.05) is 45.1 Å². The van der Waals surface area contributed by atoms with Gasteiger partial charge in [0.05, 0.1) is 12.0 Å². The Bertz CT molecular complexity index is 758. The van der Waals surface area contributed by atoms with Crippen LogP contribution in [0.25, 0.3) is 5.69 Å². The maximum absolute atomic E-state index is 14.3. The quantitative estimate of drug-likeness (QED) is 0.436. The second-order valence-electron chi connectivity index (χ2n) is 7.34. The first-order valence-electron chi connectivity index (χ1n) is 10.1. The largest absolute Gasteiger partial charge is 0.356 e. The molecule has 2 aromatic rings. The molecule has 2 N–H and O–H groups in total. The van der Waals surface area contributed by atoms with Crippen LogP contribution in [-0.2, 0) is 6.54 Å². The highest BCUT2D eigenvalue weighted by Crippen LogP contribution is 2.16. The lowest BCUT2D eigenvalue weighted by Gasteiger charge is -2.33. The predicted octanol–water partition coefficient (Wildman–Crippen LogP) is 2.94. The minimum absolute atomic E-state index is 0.268. The lowest BCUT2D eigenvalue weighted by molar-refractivity contribution is 0.159. The molecule has 1 aliphatic heterocycles. The predicted molar refractivity (Wildman–Crippen MR) is 111 cm³/mol. The van der Waals surface area contributed by atoms with Crippen molar-refractivity contribution in [2.24, 2.45) is 4.99 Å². The summed E-state index contributed by atoms with van der Waals surface area (Å²) < 4.78 is 16.0. The Labute approximate surface area is 166 Å². The Morgan fingerprint density at radius 1 is 1.32 bits per heavy atom. The van der Waals surface area contributed by atoms with Gasteiger partial charge in [0.15, 0.2) is 5.96 Å². The van der Waals surface area contributed by atoms with E-state index < -0.39 is 0 Å². The maximum Gasteiger partial charge on any atom is 0.191 e. The second-order valence-corrected chi connectivity index (χ2v) is 7.34. The van der Waals surface area contributed by atoms with Crippen molar-refractivity contribution in [3.8, 4) is 5.69 Å². The number of rotatable bonds is 7. The number of hydrogen-bond acceptors (Lipinski definition) is 3. The summed E-state index contributed by atoms with van der Waals surface area (Å²) in [7, 11) is 1.75. The Morgan fingerprint density at radius 3 is 2.93 bits per heavy atom. The van der Waals surface area contributed by atoms with E-state index in [1.807, 2.05) is 6.07 Å². The molecule has 1 atom stereocenters. The second kappa shape index (κ2) is 10.2. The van der Waals surface area contributed by atoms with Gasteiger partial charge in [-0.05, 0) is 50.4 Å². The SMILES string of the molecule is CN=C(NCCCN1CCCCC1C)NCc1ccc(-n2ccnc2)c(F)c1. The van der Waals surface area contributed by atoms with Crippen LogP contribution >= 0.6 is 0 Å². The van der Waals surface area contributed by atoms with Gasteiger partial charge in [-0.25, -0.2) is 9.37 Å². The van der Waals surface area contributed by atoms with Crippen molar-refractivity contribution >= 4 is 5.96 Å². The summed E-state index contributed by atoms with van der Waals surface area (Å²) in [6, 6.07) is 5.93. The van der Waals surface area contributed by atoms with Crippen LogP contribution in [0.4, 0.5) is 4.39 Å². The highest BCUT2D eigenvalue weighted by molar-refractivity contribution is 5.79. The van der Waals surface area contributed by atoms with E-state index in [-0.39, 0.29) is 5.82 Å². The smallest absolute Gasteiger partial charge is 0.191 e. The summed E-state index contributed by atoms with van der Waals surface area (Å²) in [5.74, 6) is 0.474. The average Bonchev–Trinajstić information content (AvgIpc) is 3.23. The van der Waals surface area contributed by atoms with E-state index >= 15 is 0 Å². The minimum atomic E-state index is -0.268. The number of benzene rings is 1. The molecule has 0 aliphatic carbocycles. The van der Waals surface area contributed by atoms with Crippen LogP contribution in [0, 0.1) is 5.82 Å². The molecule has 152 valence electrons. The monoisotopic (exact) mass is 386 g/mol. The number of nitrogens with zero attached hydrogens (tertiary/aromatic N) is 4. The van der Waals surface area contributed by atoms with Crippen molar-refractivity contribution < 1.29 is 4.39 Å². The Morgan fingerprint density at radius 2 is 2.21 bits per heavy atom. The van der Waals surface area contributed by atoms with Gasteiger partial charge in [-0.3, -0.25) is 4.99 Å². The standard InChI is InChI=1S/C21H31FN6/c1-17-6-3-4-11-27(17)12-5-9-25-21(23-2)26-15-18-7-8-20(19(22)14-18)28-13-10-24-16-28/h7-8,10,13-14,16-17H,3-6,9,11-12,15H2,1-2H3,(H2,23,25,26). The molecule has 0 saturated carbocycles. The molecule has 3 rings (SSSR count). The molecule has 1 aromatic carbocycles. The molecule has 1 aromatic heterocycles. The molecule has 1 saturated heterocycles. The number of nitrogens with one attached hydrogen (secondary N) is 2. The number of imidazole rings is 1. The summed E-state index contributed by atoms with van der Waals surface area (Å²) in [4.78, 5) is 10.8. The number of aliphatic imine (C=N–C) groups is 1. The highest BCUT2D eigenvalue weighted by Gasteiger charge is 2.17. The highest BCUT2D eigenvalue weighted by atomic mass is 19.1. The van der Waals surface area contributed by atoms with Gasteiger partial charge in [-0.15, -0.1) is 0 Å². The van der Waals surface area contributed by atoms with Crippen LogP contribution in [0.5, 0.6) is 0 Å². The number of halogens is 1. The van der Waals surface area contributed by atoms with E-state index in [9.17, 15) is 4.39 Å². The lowest BCUT2D eigenvalue weighted by Crippen LogP contribution is -2.41. The molecule has 2 heterocycles. The molecular weight excluding hydrogens is 355 g/mol. The molecule has 28 heavy (non-hydrogen) atoms. The van der Waals surface area contributed by atoms with Crippen LogP contribution in [0.3, 0.4) is 0 Å². The van der Waals surface area contributed by atoms with Crippen molar-refractivity contribution in [2.75, 3.05) is 26.7 Å². The summed E-state index contributed by atoms with van der Waals surface area (Å²) in [5, 5.41) is 6.60. The molecule has 6 nitrogen and oxygen atoms in total. The molecule has 1 unspecified atom stereocenters. The number of hydrogen-bond donors (Lipinski definition) is 2. The number of aromatic nitrogens is 2. The molecule has 0 radical (unpaired) electrons. The fourth-order valence-electron chi connectivity index (χ4n) is 3.66. The Kier molecular flexibility index (Phi) is 7.42. The molecule has 1 fully saturated rings. The van der Waals surface area contributed by atoms with Gasteiger partial charge in [0.25, 0.3) is 0 Å². The third-order valence-electron chi connectivity index (χ3n) is 5.33. The zero-order valence-corrected chi connectivity index (χ0v) is 16.9. The van der Waals surface area contributed by atoms with E-state index in [1.165, 1.54) is 25.8 Å². The van der Waals surface area contributed by atoms with Crippen molar-refractivity contribution in [3.63, 3.8) is 0 Å². The summed E-state index contributed by atoms with van der Waals surface area (Å²) >= 11 is 0. The van der Waals surface area contributed by atoms with Crippen LogP contribution in [0.15, 0.2) is 41.9 Å². The van der Waals surface area contributed by atoms with Gasteiger partial charge in [0.1, 0.15) is 5.82 Å². The fourth-order valence-corrected chi connectivity index (χ4v) is 3.66. The molecule has 0 amide bonds. The van der Waals surface area contributed by atoms with E-state index in [0.717, 1.165) is 31.0 Å². The van der Waals surface area contributed by atoms with Crippen molar-refractivity contribution in [1.82, 2.24) is 25.1 Å². The maximum atomic E-state index is 14.3. The normalized spacial score (nSPS) is 18.2.